The minimum absolute atomic E-state index is 0.00326. The molecule has 1 saturated heterocycles. The van der Waals surface area contributed by atoms with Crippen LogP contribution in [-0.4, -0.2) is 60.4 Å². The van der Waals surface area contributed by atoms with Gasteiger partial charge in [0.2, 0.25) is 17.7 Å². The molecule has 0 spiro atoms. The van der Waals surface area contributed by atoms with Gasteiger partial charge in [0.05, 0.1) is 0 Å². The Hall–Kier alpha value is -2.90. The average Bonchev–Trinajstić information content (AvgIpc) is 2.87. The minimum atomic E-state index is -0.822. The lowest BCUT2D eigenvalue weighted by Gasteiger charge is -2.56. The summed E-state index contributed by atoms with van der Waals surface area (Å²) in [5.74, 6) is 0.247. The summed E-state index contributed by atoms with van der Waals surface area (Å²) in [7, 11) is 1.54. The molecule has 0 radical (unpaired) electrons. The fourth-order valence-electron chi connectivity index (χ4n) is 8.66. The zero-order valence-corrected chi connectivity index (χ0v) is 26.6. The minimum Gasteiger partial charge on any atom is -0.456 e. The Kier molecular flexibility index (Phi) is 9.73. The van der Waals surface area contributed by atoms with Crippen LogP contribution < -0.4 is 10.6 Å². The summed E-state index contributed by atoms with van der Waals surface area (Å²) in [6.45, 7) is 15.1. The summed E-state index contributed by atoms with van der Waals surface area (Å²) < 4.78 is 5.99. The molecule has 0 aromatic carbocycles. The van der Waals surface area contributed by atoms with Gasteiger partial charge in [-0.15, -0.1) is 0 Å². The van der Waals surface area contributed by atoms with Crippen molar-refractivity contribution in [3.8, 4) is 0 Å². The van der Waals surface area contributed by atoms with E-state index in [-0.39, 0.29) is 42.0 Å². The molecule has 4 atom stereocenters. The number of carbonyl (C=O) groups excluding carboxylic acids is 4. The summed E-state index contributed by atoms with van der Waals surface area (Å²) in [5, 5.41) is 5.43. The standard InChI is InChI=1S/C34H51N3O5/c1-19(2)30-32(40)35-18-29(39)42-31(23(6)21(4)10-28(38)36-24(7)33(41)37(30)8)22(5)9-20(3)14-34-15-25-11-26(16-34)13-27(12-25)17-34/h9,14,19,23-27,30-31H,4,10-13,15-18H2,1-3,5-8H3,(H,35,40)(H,36,38)/b20-14+,22-9+/t23-,24+,25?,26?,27?,30?,31?,34?/m1/s1. The molecule has 5 rings (SSSR count). The molecule has 1 aliphatic heterocycles. The van der Waals surface area contributed by atoms with Gasteiger partial charge < -0.3 is 20.3 Å². The Bertz CT molecular complexity index is 1130. The number of rotatable bonds is 4. The molecule has 5 aliphatic rings. The first-order chi connectivity index (χ1) is 19.7. The number of likely N-dealkylation sites (N-methyl/N-ethyl adjacent to an activating group) is 1. The quantitative estimate of drug-likeness (QED) is 0.284. The fourth-order valence-corrected chi connectivity index (χ4v) is 8.66. The Labute approximate surface area is 251 Å². The Morgan fingerprint density at radius 1 is 1.02 bits per heavy atom. The summed E-state index contributed by atoms with van der Waals surface area (Å²) in [6, 6.07) is -1.63. The third-order valence-corrected chi connectivity index (χ3v) is 10.1. The molecule has 2 N–H and O–H groups in total. The number of cyclic esters (lactones) is 1. The van der Waals surface area contributed by atoms with Crippen molar-refractivity contribution in [1.29, 1.82) is 0 Å². The number of hydrogen-bond donors (Lipinski definition) is 2. The Morgan fingerprint density at radius 3 is 2.14 bits per heavy atom. The van der Waals surface area contributed by atoms with E-state index in [1.54, 1.807) is 6.92 Å². The smallest absolute Gasteiger partial charge is 0.326 e. The highest BCUT2D eigenvalue weighted by Gasteiger charge is 2.49. The first-order valence-corrected chi connectivity index (χ1v) is 15.8. The average molecular weight is 582 g/mol. The van der Waals surface area contributed by atoms with Crippen LogP contribution in [0.4, 0.5) is 0 Å². The molecule has 0 aromatic heterocycles. The number of nitrogens with one attached hydrogen (secondary N) is 2. The fraction of sp³-hybridized carbons (Fsp3) is 0.706. The second-order valence-corrected chi connectivity index (χ2v) is 14.2. The van der Waals surface area contributed by atoms with Crippen LogP contribution in [0.5, 0.6) is 0 Å². The van der Waals surface area contributed by atoms with Crippen LogP contribution in [0.3, 0.4) is 0 Å². The van der Waals surface area contributed by atoms with E-state index in [9.17, 15) is 19.2 Å². The van der Waals surface area contributed by atoms with E-state index in [1.807, 2.05) is 27.7 Å². The third-order valence-electron chi connectivity index (χ3n) is 10.1. The first kappa shape index (κ1) is 32.0. The largest absolute Gasteiger partial charge is 0.456 e. The molecule has 4 aliphatic carbocycles. The van der Waals surface area contributed by atoms with Crippen LogP contribution >= 0.6 is 0 Å². The number of nitrogens with zero attached hydrogens (tertiary/aromatic N) is 1. The second-order valence-electron chi connectivity index (χ2n) is 14.2. The SMILES string of the molecule is C=C1CC(=O)N[C@@H](C)C(=O)N(C)C(C(C)C)C(=O)NCC(=O)OC(/C(C)=C/C(C)=C/C23CC4CC(CC(C4)C2)C3)[C@@H]1C. The van der Waals surface area contributed by atoms with Gasteiger partial charge in [-0.1, -0.05) is 50.6 Å². The number of ether oxygens (including phenoxy) is 1. The summed E-state index contributed by atoms with van der Waals surface area (Å²) in [6.07, 6.45) is 11.9. The molecule has 4 bridgehead atoms. The molecule has 232 valence electrons. The maximum absolute atomic E-state index is 13.1. The highest BCUT2D eigenvalue weighted by atomic mass is 16.5. The van der Waals surface area contributed by atoms with Gasteiger partial charge in [0, 0.05) is 19.4 Å². The van der Waals surface area contributed by atoms with Crippen LogP contribution in [-0.2, 0) is 23.9 Å². The molecule has 1 heterocycles. The van der Waals surface area contributed by atoms with Gasteiger partial charge in [-0.25, -0.2) is 0 Å². The van der Waals surface area contributed by atoms with Crippen LogP contribution in [0.15, 0.2) is 35.5 Å². The van der Waals surface area contributed by atoms with Crippen molar-refractivity contribution >= 4 is 23.7 Å². The van der Waals surface area contributed by atoms with Gasteiger partial charge in [0.1, 0.15) is 24.7 Å². The predicted molar refractivity (Wildman–Crippen MR) is 163 cm³/mol. The van der Waals surface area contributed by atoms with E-state index >= 15 is 0 Å². The molecular weight excluding hydrogens is 530 g/mol. The van der Waals surface area contributed by atoms with Crippen molar-refractivity contribution in [2.45, 2.75) is 105 Å². The molecule has 5 fully saturated rings. The third kappa shape index (κ3) is 7.17. The van der Waals surface area contributed by atoms with E-state index in [2.05, 4.69) is 36.3 Å². The molecule has 8 heteroatoms. The zero-order chi connectivity index (χ0) is 30.9. The van der Waals surface area contributed by atoms with E-state index < -0.39 is 30.1 Å². The normalized spacial score (nSPS) is 37.3. The number of carbonyl (C=O) groups is 4. The summed E-state index contributed by atoms with van der Waals surface area (Å²) in [5.41, 5.74) is 2.92. The van der Waals surface area contributed by atoms with Gasteiger partial charge in [0.15, 0.2) is 0 Å². The van der Waals surface area contributed by atoms with E-state index in [0.29, 0.717) is 5.57 Å². The van der Waals surface area contributed by atoms with Crippen LogP contribution in [0.2, 0.25) is 0 Å². The van der Waals surface area contributed by atoms with Crippen LogP contribution in [0.1, 0.15) is 86.5 Å². The van der Waals surface area contributed by atoms with Crippen molar-refractivity contribution in [1.82, 2.24) is 15.5 Å². The zero-order valence-electron chi connectivity index (χ0n) is 26.6. The predicted octanol–water partition coefficient (Wildman–Crippen LogP) is 4.71. The number of hydrogen-bond acceptors (Lipinski definition) is 5. The van der Waals surface area contributed by atoms with Gasteiger partial charge in [-0.3, -0.25) is 19.2 Å². The monoisotopic (exact) mass is 581 g/mol. The lowest BCUT2D eigenvalue weighted by atomic mass is 9.49. The molecule has 2 unspecified atom stereocenters. The van der Waals surface area contributed by atoms with Gasteiger partial charge in [-0.05, 0) is 94.0 Å². The molecule has 3 amide bonds. The van der Waals surface area contributed by atoms with Gasteiger partial charge >= 0.3 is 5.97 Å². The van der Waals surface area contributed by atoms with Crippen LogP contribution in [0, 0.1) is 35.0 Å². The van der Waals surface area contributed by atoms with Crippen molar-refractivity contribution in [3.05, 3.63) is 35.5 Å². The summed E-state index contributed by atoms with van der Waals surface area (Å²) >= 11 is 0. The first-order valence-electron chi connectivity index (χ1n) is 15.8. The van der Waals surface area contributed by atoms with Gasteiger partial charge in [0.25, 0.3) is 0 Å². The van der Waals surface area contributed by atoms with E-state index in [4.69, 9.17) is 4.74 Å². The van der Waals surface area contributed by atoms with Crippen molar-refractivity contribution in [2.24, 2.45) is 35.0 Å². The lowest BCUT2D eigenvalue weighted by Crippen LogP contribution is -2.55. The van der Waals surface area contributed by atoms with Crippen molar-refractivity contribution in [3.63, 3.8) is 0 Å². The lowest BCUT2D eigenvalue weighted by molar-refractivity contribution is -0.149. The van der Waals surface area contributed by atoms with E-state index in [1.165, 1.54) is 56.0 Å². The molecule has 0 aromatic rings. The topological polar surface area (TPSA) is 105 Å². The van der Waals surface area contributed by atoms with Crippen molar-refractivity contribution in [2.75, 3.05) is 13.6 Å². The highest BCUT2D eigenvalue weighted by Crippen LogP contribution is 2.60. The molecule has 42 heavy (non-hydrogen) atoms. The number of allylic oxidation sites excluding steroid dienone is 3. The summed E-state index contributed by atoms with van der Waals surface area (Å²) in [4.78, 5) is 53.5. The molecular formula is C34H51N3O5. The Morgan fingerprint density at radius 2 is 1.60 bits per heavy atom. The number of esters is 1. The van der Waals surface area contributed by atoms with E-state index in [0.717, 1.165) is 23.3 Å². The van der Waals surface area contributed by atoms with Gasteiger partial charge in [-0.2, -0.15) is 0 Å². The maximum atomic E-state index is 13.1. The highest BCUT2D eigenvalue weighted by molar-refractivity contribution is 5.93. The Balaban J connectivity index is 1.58. The second kappa shape index (κ2) is 12.8. The molecule has 4 saturated carbocycles. The number of amides is 3. The maximum Gasteiger partial charge on any atom is 0.326 e. The van der Waals surface area contributed by atoms with Crippen LogP contribution in [0.25, 0.3) is 0 Å². The van der Waals surface area contributed by atoms with Crippen molar-refractivity contribution < 1.29 is 23.9 Å². The molecule has 8 nitrogen and oxygen atoms in total.